The molecule has 1 aliphatic carbocycles. The van der Waals surface area contributed by atoms with E-state index in [1.165, 1.54) is 6.07 Å². The predicted octanol–water partition coefficient (Wildman–Crippen LogP) is 6.35. The maximum Gasteiger partial charge on any atom is 0.161 e. The Kier molecular flexibility index (Phi) is 5.01. The standard InChI is InChI=1S/C24H17ClFN3OS/c25-18-12-16(6-7-19(18)26)29-20-4-3-5-21(30)23(20)22(15-8-11-31-14-15)17(13-27)24(29)28-9-1-2-10-28/h1-2,6-12,14,22H,3-5H2. The number of carbonyl (C=O) groups excluding carboxylic acids is 1. The average Bonchev–Trinajstić information content (AvgIpc) is 3.49. The molecule has 1 aromatic carbocycles. The first-order chi connectivity index (χ1) is 15.1. The van der Waals surface area contributed by atoms with Gasteiger partial charge in [0, 0.05) is 35.8 Å². The molecule has 1 atom stereocenters. The lowest BCUT2D eigenvalue weighted by atomic mass is 9.76. The van der Waals surface area contributed by atoms with Crippen molar-refractivity contribution in [1.29, 1.82) is 5.26 Å². The molecule has 7 heteroatoms. The number of aromatic nitrogens is 1. The quantitative estimate of drug-likeness (QED) is 0.468. The number of benzene rings is 1. The molecule has 2 aromatic heterocycles. The number of carbonyl (C=O) groups is 1. The van der Waals surface area contributed by atoms with Crippen molar-refractivity contribution in [2.75, 3.05) is 4.90 Å². The highest BCUT2D eigenvalue weighted by molar-refractivity contribution is 7.08. The van der Waals surface area contributed by atoms with E-state index in [4.69, 9.17) is 11.6 Å². The van der Waals surface area contributed by atoms with Crippen LogP contribution in [0, 0.1) is 17.1 Å². The third-order valence-electron chi connectivity index (χ3n) is 5.74. The van der Waals surface area contributed by atoms with E-state index < -0.39 is 11.7 Å². The van der Waals surface area contributed by atoms with E-state index in [-0.39, 0.29) is 10.8 Å². The third-order valence-corrected chi connectivity index (χ3v) is 6.73. The van der Waals surface area contributed by atoms with Crippen molar-refractivity contribution in [2.45, 2.75) is 25.2 Å². The smallest absolute Gasteiger partial charge is 0.161 e. The van der Waals surface area contributed by atoms with Crippen LogP contribution in [0.15, 0.2) is 76.4 Å². The second-order valence-electron chi connectivity index (χ2n) is 7.50. The second-order valence-corrected chi connectivity index (χ2v) is 8.69. The zero-order valence-corrected chi connectivity index (χ0v) is 18.0. The number of nitriles is 1. The maximum absolute atomic E-state index is 13.9. The summed E-state index contributed by atoms with van der Waals surface area (Å²) in [6, 6.07) is 12.6. The van der Waals surface area contributed by atoms with Crippen LogP contribution < -0.4 is 4.90 Å². The van der Waals surface area contributed by atoms with Crippen molar-refractivity contribution < 1.29 is 9.18 Å². The highest BCUT2D eigenvalue weighted by Gasteiger charge is 2.41. The summed E-state index contributed by atoms with van der Waals surface area (Å²) in [5.74, 6) is -0.252. The van der Waals surface area contributed by atoms with Gasteiger partial charge >= 0.3 is 0 Å². The van der Waals surface area contributed by atoms with E-state index in [0.717, 1.165) is 17.7 Å². The van der Waals surface area contributed by atoms with Gasteiger partial charge in [-0.25, -0.2) is 4.39 Å². The number of thiophene rings is 1. The van der Waals surface area contributed by atoms with Crippen molar-refractivity contribution >= 4 is 40.2 Å². The SMILES string of the molecule is N#CC1=C(n2cccc2)N(c2ccc(F)c(Cl)c2)C2=C(C(=O)CCC2)C1c1ccsc1. The molecule has 0 spiro atoms. The molecule has 0 fully saturated rings. The zero-order chi connectivity index (χ0) is 21.5. The topological polar surface area (TPSA) is 49.0 Å². The Morgan fingerprint density at radius 1 is 1.19 bits per heavy atom. The number of halogens is 2. The van der Waals surface area contributed by atoms with E-state index in [1.54, 1.807) is 23.5 Å². The minimum absolute atomic E-state index is 0.00731. The summed E-state index contributed by atoms with van der Waals surface area (Å²) in [5, 5.41) is 14.2. The van der Waals surface area contributed by atoms with Crippen molar-refractivity contribution in [3.8, 4) is 6.07 Å². The van der Waals surface area contributed by atoms with Gasteiger partial charge in [0.05, 0.1) is 22.6 Å². The van der Waals surface area contributed by atoms with Crippen LogP contribution in [0.25, 0.3) is 5.82 Å². The molecule has 3 heterocycles. The molecule has 154 valence electrons. The molecule has 31 heavy (non-hydrogen) atoms. The molecular formula is C24H17ClFN3OS. The second kappa shape index (κ2) is 7.84. The van der Waals surface area contributed by atoms with Gasteiger partial charge < -0.3 is 4.57 Å². The Morgan fingerprint density at radius 3 is 2.68 bits per heavy atom. The molecule has 3 aromatic rings. The lowest BCUT2D eigenvalue weighted by Gasteiger charge is -2.41. The third kappa shape index (κ3) is 3.21. The van der Waals surface area contributed by atoms with Crippen molar-refractivity contribution in [3.05, 3.63) is 92.8 Å². The van der Waals surface area contributed by atoms with Crippen LogP contribution in [0.1, 0.15) is 30.7 Å². The molecule has 0 N–H and O–H groups in total. The molecule has 5 rings (SSSR count). The number of hydrogen-bond acceptors (Lipinski definition) is 4. The molecule has 0 saturated heterocycles. The van der Waals surface area contributed by atoms with Crippen LogP contribution in [0.5, 0.6) is 0 Å². The van der Waals surface area contributed by atoms with E-state index in [2.05, 4.69) is 6.07 Å². The zero-order valence-electron chi connectivity index (χ0n) is 16.4. The first kappa shape index (κ1) is 19.8. The summed E-state index contributed by atoms with van der Waals surface area (Å²) >= 11 is 7.66. The largest absolute Gasteiger partial charge is 0.309 e. The van der Waals surface area contributed by atoms with Gasteiger partial charge in [0.15, 0.2) is 5.78 Å². The van der Waals surface area contributed by atoms with E-state index >= 15 is 0 Å². The molecule has 2 aliphatic rings. The van der Waals surface area contributed by atoms with E-state index in [0.29, 0.717) is 35.5 Å². The van der Waals surface area contributed by atoms with Crippen LogP contribution in [-0.4, -0.2) is 10.4 Å². The number of allylic oxidation sites excluding steroid dienone is 3. The van der Waals surface area contributed by atoms with Crippen LogP contribution >= 0.6 is 22.9 Å². The Balaban J connectivity index is 1.85. The van der Waals surface area contributed by atoms with Crippen LogP contribution in [0.3, 0.4) is 0 Å². The van der Waals surface area contributed by atoms with Crippen LogP contribution in [0.4, 0.5) is 10.1 Å². The van der Waals surface area contributed by atoms with Gasteiger partial charge in [-0.3, -0.25) is 9.69 Å². The summed E-state index contributed by atoms with van der Waals surface area (Å²) in [4.78, 5) is 15.1. The van der Waals surface area contributed by atoms with Crippen molar-refractivity contribution in [3.63, 3.8) is 0 Å². The summed E-state index contributed by atoms with van der Waals surface area (Å²) in [6.07, 6.45) is 5.59. The lowest BCUT2D eigenvalue weighted by Crippen LogP contribution is -2.36. The highest BCUT2D eigenvalue weighted by atomic mass is 35.5. The Bertz CT molecular complexity index is 1270. The van der Waals surface area contributed by atoms with Gasteiger partial charge in [-0.1, -0.05) is 11.6 Å². The molecule has 1 unspecified atom stereocenters. The van der Waals surface area contributed by atoms with Crippen molar-refractivity contribution in [2.24, 2.45) is 0 Å². The van der Waals surface area contributed by atoms with Gasteiger partial charge in [0.1, 0.15) is 11.6 Å². The molecule has 0 amide bonds. The monoisotopic (exact) mass is 449 g/mol. The van der Waals surface area contributed by atoms with E-state index in [1.807, 2.05) is 50.8 Å². The lowest BCUT2D eigenvalue weighted by molar-refractivity contribution is -0.116. The Labute approximate surface area is 188 Å². The fourth-order valence-electron chi connectivity index (χ4n) is 4.45. The van der Waals surface area contributed by atoms with E-state index in [9.17, 15) is 14.4 Å². The maximum atomic E-state index is 13.9. The molecule has 0 saturated carbocycles. The normalized spacial score (nSPS) is 18.9. The minimum Gasteiger partial charge on any atom is -0.309 e. The predicted molar refractivity (Wildman–Crippen MR) is 120 cm³/mol. The van der Waals surface area contributed by atoms with Gasteiger partial charge in [0.25, 0.3) is 0 Å². The van der Waals surface area contributed by atoms with Gasteiger partial charge in [0.2, 0.25) is 0 Å². The first-order valence-electron chi connectivity index (χ1n) is 9.91. The van der Waals surface area contributed by atoms with Crippen molar-refractivity contribution in [1.82, 2.24) is 4.57 Å². The van der Waals surface area contributed by atoms with Gasteiger partial charge in [-0.05, 0) is 65.6 Å². The number of rotatable bonds is 3. The number of hydrogen-bond donors (Lipinski definition) is 0. The van der Waals surface area contributed by atoms with Crippen LogP contribution in [-0.2, 0) is 4.79 Å². The number of anilines is 1. The minimum atomic E-state index is -0.514. The molecule has 0 radical (unpaired) electrons. The molecule has 1 aliphatic heterocycles. The highest BCUT2D eigenvalue weighted by Crippen LogP contribution is 2.49. The average molecular weight is 450 g/mol. The van der Waals surface area contributed by atoms with Gasteiger partial charge in [-0.15, -0.1) is 0 Å². The Morgan fingerprint density at radius 2 is 2.00 bits per heavy atom. The number of ketones is 1. The first-order valence-corrected chi connectivity index (χ1v) is 11.2. The summed E-state index contributed by atoms with van der Waals surface area (Å²) in [6.45, 7) is 0. The molecular weight excluding hydrogens is 433 g/mol. The number of nitrogens with zero attached hydrogens (tertiary/aromatic N) is 3. The fourth-order valence-corrected chi connectivity index (χ4v) is 5.31. The number of Topliss-reactive ketones (excluding diaryl/α,β-unsaturated/α-hetero) is 1. The van der Waals surface area contributed by atoms with Gasteiger partial charge in [-0.2, -0.15) is 16.6 Å². The van der Waals surface area contributed by atoms with Crippen LogP contribution in [0.2, 0.25) is 5.02 Å². The summed E-state index contributed by atoms with van der Waals surface area (Å²) in [7, 11) is 0. The summed E-state index contributed by atoms with van der Waals surface area (Å²) < 4.78 is 15.8. The molecule has 0 bridgehead atoms. The fraction of sp³-hybridized carbons (Fsp3) is 0.167. The Hall–Kier alpha value is -3.14. The molecule has 4 nitrogen and oxygen atoms in total. The summed E-state index contributed by atoms with van der Waals surface area (Å²) in [5.41, 5.74) is 3.53.